The number of fused-ring (bicyclic) bond motifs is 1. The summed E-state index contributed by atoms with van der Waals surface area (Å²) < 4.78 is 28.6. The van der Waals surface area contributed by atoms with E-state index in [4.69, 9.17) is 23.2 Å². The van der Waals surface area contributed by atoms with Gasteiger partial charge < -0.3 is 10.2 Å². The molecule has 4 aromatic rings. The predicted octanol–water partition coefficient (Wildman–Crippen LogP) is 4.81. The maximum Gasteiger partial charge on any atom is 0.337 e. The zero-order chi connectivity index (χ0) is 22.5. The van der Waals surface area contributed by atoms with Crippen molar-refractivity contribution in [3.8, 4) is 17.0 Å². The number of carbonyl (C=O) groups is 1. The van der Waals surface area contributed by atoms with Gasteiger partial charge in [0.25, 0.3) is 10.0 Å². The molecule has 2 aromatic carbocycles. The first kappa shape index (κ1) is 21.6. The Bertz CT molecular complexity index is 1470. The summed E-state index contributed by atoms with van der Waals surface area (Å²) in [6, 6.07) is 6.56. The number of hydrogen-bond acceptors (Lipinski definition) is 6. The van der Waals surface area contributed by atoms with Crippen molar-refractivity contribution in [1.82, 2.24) is 13.9 Å². The minimum absolute atomic E-state index is 0.0381. The zero-order valence-electron chi connectivity index (χ0n) is 15.1. The van der Waals surface area contributed by atoms with E-state index in [1.165, 1.54) is 43.0 Å². The van der Waals surface area contributed by atoms with E-state index in [1.807, 2.05) is 0 Å². The van der Waals surface area contributed by atoms with Crippen LogP contribution in [0.5, 0.6) is 5.75 Å². The molecule has 0 bridgehead atoms. The summed E-state index contributed by atoms with van der Waals surface area (Å²) in [5.74, 6) is -1.97. The van der Waals surface area contributed by atoms with Crippen molar-refractivity contribution in [1.29, 1.82) is 0 Å². The molecule has 0 amide bonds. The number of hydrogen-bond donors (Lipinski definition) is 2. The Hall–Kier alpha value is -2.66. The van der Waals surface area contributed by atoms with E-state index in [0.29, 0.717) is 15.4 Å². The number of aromatic hydroxyl groups is 1. The Balaban J connectivity index is 2.15. The summed E-state index contributed by atoms with van der Waals surface area (Å²) >= 11 is 15.2. The lowest BCUT2D eigenvalue weighted by Crippen LogP contribution is -2.15. The summed E-state index contributed by atoms with van der Waals surface area (Å²) in [5, 5.41) is 20.0. The van der Waals surface area contributed by atoms with Gasteiger partial charge in [-0.1, -0.05) is 39.1 Å². The van der Waals surface area contributed by atoms with Crippen LogP contribution in [0.2, 0.25) is 10.0 Å². The number of phenols is 1. The van der Waals surface area contributed by atoms with Gasteiger partial charge in [-0.15, -0.1) is 0 Å². The highest BCUT2D eigenvalue weighted by atomic mass is 79.9. The van der Waals surface area contributed by atoms with Gasteiger partial charge in [0.15, 0.2) is 5.75 Å². The first-order valence-electron chi connectivity index (χ1n) is 8.38. The fraction of sp³-hybridized carbons (Fsp3) is 0. The maximum atomic E-state index is 13.7. The minimum Gasteiger partial charge on any atom is -0.505 e. The monoisotopic (exact) mass is 541 g/mol. The Morgan fingerprint density at radius 3 is 2.35 bits per heavy atom. The van der Waals surface area contributed by atoms with Gasteiger partial charge in [0, 0.05) is 27.8 Å². The summed E-state index contributed by atoms with van der Waals surface area (Å²) in [4.78, 5) is 18.9. The van der Waals surface area contributed by atoms with Gasteiger partial charge in [0.2, 0.25) is 0 Å². The lowest BCUT2D eigenvalue weighted by molar-refractivity contribution is 0.0697. The third-order valence-corrected chi connectivity index (χ3v) is 7.24. The van der Waals surface area contributed by atoms with Crippen LogP contribution in [0.4, 0.5) is 0 Å². The Morgan fingerprint density at radius 1 is 1.03 bits per heavy atom. The van der Waals surface area contributed by atoms with Gasteiger partial charge in [-0.2, -0.15) is 0 Å². The number of nitrogens with zero attached hydrogens (tertiary/aromatic N) is 3. The molecular weight excluding hydrogens is 533 g/mol. The zero-order valence-corrected chi connectivity index (χ0v) is 19.0. The SMILES string of the molecule is O=C(O)c1cc2c(cc1Cl)cc(-c1cncnc1)n2S(=O)(=O)c1cc(Br)cc(Cl)c1O. The van der Waals surface area contributed by atoms with Crippen LogP contribution in [-0.4, -0.2) is 38.5 Å². The van der Waals surface area contributed by atoms with Gasteiger partial charge in [-0.3, -0.25) is 0 Å². The molecule has 0 saturated heterocycles. The molecular formula is C19H10BrCl2N3O5S. The van der Waals surface area contributed by atoms with Crippen molar-refractivity contribution in [3.63, 3.8) is 0 Å². The van der Waals surface area contributed by atoms with Crippen LogP contribution in [0.1, 0.15) is 10.4 Å². The van der Waals surface area contributed by atoms with E-state index in [-0.39, 0.29) is 26.8 Å². The van der Waals surface area contributed by atoms with Gasteiger partial charge in [0.1, 0.15) is 11.2 Å². The molecule has 0 aliphatic carbocycles. The van der Waals surface area contributed by atoms with Crippen LogP contribution in [0, 0.1) is 0 Å². The number of rotatable bonds is 4. The fourth-order valence-electron chi connectivity index (χ4n) is 3.10. The molecule has 0 atom stereocenters. The summed E-state index contributed by atoms with van der Waals surface area (Å²) in [5.41, 5.74) is 0.243. The lowest BCUT2D eigenvalue weighted by Gasteiger charge is -2.14. The molecule has 0 aliphatic heterocycles. The summed E-state index contributed by atoms with van der Waals surface area (Å²) in [6.45, 7) is 0. The molecule has 0 unspecified atom stereocenters. The number of phenolic OH excluding ortho intramolecular Hbond substituents is 1. The van der Waals surface area contributed by atoms with Crippen LogP contribution in [-0.2, 0) is 10.0 Å². The van der Waals surface area contributed by atoms with E-state index in [2.05, 4.69) is 25.9 Å². The molecule has 4 rings (SSSR count). The highest BCUT2D eigenvalue weighted by Gasteiger charge is 2.29. The fourth-order valence-corrected chi connectivity index (χ4v) is 6.03. The second-order valence-electron chi connectivity index (χ2n) is 6.36. The first-order valence-corrected chi connectivity index (χ1v) is 11.4. The number of benzene rings is 2. The van der Waals surface area contributed by atoms with Gasteiger partial charge in [-0.05, 0) is 30.3 Å². The number of aromatic carboxylic acids is 1. The Labute approximate surface area is 193 Å². The van der Waals surface area contributed by atoms with Gasteiger partial charge >= 0.3 is 5.97 Å². The highest BCUT2D eigenvalue weighted by molar-refractivity contribution is 9.10. The molecule has 2 N–H and O–H groups in total. The van der Waals surface area contributed by atoms with Crippen molar-refractivity contribution >= 4 is 66.0 Å². The first-order chi connectivity index (χ1) is 14.6. The van der Waals surface area contributed by atoms with Crippen LogP contribution in [0.15, 0.2) is 58.4 Å². The Kier molecular flexibility index (Phi) is 5.42. The number of halogens is 3. The molecule has 0 spiro atoms. The molecule has 158 valence electrons. The quantitative estimate of drug-likeness (QED) is 0.379. The van der Waals surface area contributed by atoms with E-state index in [1.54, 1.807) is 0 Å². The lowest BCUT2D eigenvalue weighted by atomic mass is 10.1. The second-order valence-corrected chi connectivity index (χ2v) is 9.84. The summed E-state index contributed by atoms with van der Waals surface area (Å²) in [6.07, 6.45) is 4.09. The number of aromatic nitrogens is 3. The molecule has 0 aliphatic rings. The smallest absolute Gasteiger partial charge is 0.337 e. The largest absolute Gasteiger partial charge is 0.505 e. The van der Waals surface area contributed by atoms with Crippen LogP contribution in [0.25, 0.3) is 22.2 Å². The average Bonchev–Trinajstić information content (AvgIpc) is 3.09. The van der Waals surface area contributed by atoms with Crippen LogP contribution >= 0.6 is 39.1 Å². The molecule has 12 heteroatoms. The highest BCUT2D eigenvalue weighted by Crippen LogP contribution is 2.39. The standard InChI is InChI=1S/C19H10BrCl2N3O5S/c20-11-3-14(22)18(26)17(4-11)31(29,30)25-15(10-6-23-8-24-7-10)2-9-1-13(21)12(19(27)28)5-16(9)25/h1-8,26H,(H,27,28). The van der Waals surface area contributed by atoms with E-state index in [9.17, 15) is 23.4 Å². The number of carboxylic acid groups (broad SMARTS) is 1. The molecule has 31 heavy (non-hydrogen) atoms. The van der Waals surface area contributed by atoms with Crippen molar-refractivity contribution < 1.29 is 23.4 Å². The van der Waals surface area contributed by atoms with Gasteiger partial charge in [-0.25, -0.2) is 27.2 Å². The molecule has 0 radical (unpaired) electrons. The third-order valence-electron chi connectivity index (χ3n) is 4.44. The average molecular weight is 543 g/mol. The molecule has 0 saturated carbocycles. The van der Waals surface area contributed by atoms with Crippen LogP contribution < -0.4 is 0 Å². The van der Waals surface area contributed by atoms with E-state index < -0.39 is 26.6 Å². The molecule has 0 fully saturated rings. The molecule has 2 aromatic heterocycles. The number of carboxylic acids is 1. The molecule has 2 heterocycles. The van der Waals surface area contributed by atoms with E-state index in [0.717, 1.165) is 10.0 Å². The normalized spacial score (nSPS) is 11.7. The topological polar surface area (TPSA) is 122 Å². The summed E-state index contributed by atoms with van der Waals surface area (Å²) in [7, 11) is -4.47. The maximum absolute atomic E-state index is 13.7. The van der Waals surface area contributed by atoms with Crippen molar-refractivity contribution in [2.45, 2.75) is 4.90 Å². The second kappa shape index (κ2) is 7.79. The minimum atomic E-state index is -4.47. The third kappa shape index (κ3) is 3.65. The van der Waals surface area contributed by atoms with Crippen molar-refractivity contribution in [2.24, 2.45) is 0 Å². The molecule has 8 nitrogen and oxygen atoms in total. The van der Waals surface area contributed by atoms with Gasteiger partial charge in [0.05, 0.1) is 26.8 Å². The van der Waals surface area contributed by atoms with Crippen molar-refractivity contribution in [2.75, 3.05) is 0 Å². The van der Waals surface area contributed by atoms with Crippen LogP contribution in [0.3, 0.4) is 0 Å². The van der Waals surface area contributed by atoms with E-state index >= 15 is 0 Å². The predicted molar refractivity (Wildman–Crippen MR) is 118 cm³/mol. The van der Waals surface area contributed by atoms with Crippen molar-refractivity contribution in [3.05, 3.63) is 69.1 Å². The Morgan fingerprint density at radius 2 is 1.71 bits per heavy atom.